The van der Waals surface area contributed by atoms with Crippen LogP contribution in [0.1, 0.15) is 13.3 Å². The molecule has 2 atom stereocenters. The number of rotatable bonds is 6. The van der Waals surface area contributed by atoms with E-state index in [1.165, 1.54) is 0 Å². The van der Waals surface area contributed by atoms with Crippen LogP contribution < -0.4 is 10.2 Å². The highest BCUT2D eigenvalue weighted by Crippen LogP contribution is 2.30. The van der Waals surface area contributed by atoms with Gasteiger partial charge in [0.2, 0.25) is 11.8 Å². The van der Waals surface area contributed by atoms with Gasteiger partial charge in [-0.05, 0) is 32.5 Å². The first kappa shape index (κ1) is 17.5. The molecule has 1 aromatic carbocycles. The van der Waals surface area contributed by atoms with E-state index in [1.54, 1.807) is 31.0 Å². The lowest BCUT2D eigenvalue weighted by Gasteiger charge is -2.28. The molecule has 2 amide bonds. The third kappa shape index (κ3) is 3.74. The van der Waals surface area contributed by atoms with Gasteiger partial charge in [-0.2, -0.15) is 0 Å². The van der Waals surface area contributed by atoms with E-state index in [-0.39, 0.29) is 17.9 Å². The van der Waals surface area contributed by atoms with Gasteiger partial charge in [0.15, 0.2) is 0 Å². The fraction of sp³-hybridized carbons (Fsp3) is 0.412. The first-order valence-corrected chi connectivity index (χ1v) is 8.01. The number of carbonyl (C=O) groups is 2. The van der Waals surface area contributed by atoms with Crippen molar-refractivity contribution < 1.29 is 9.59 Å². The van der Waals surface area contributed by atoms with Gasteiger partial charge in [-0.1, -0.05) is 29.8 Å². The summed E-state index contributed by atoms with van der Waals surface area (Å²) in [5.41, 5.74) is 0.721. The van der Waals surface area contributed by atoms with Gasteiger partial charge >= 0.3 is 0 Å². The van der Waals surface area contributed by atoms with Crippen LogP contribution in [0, 0.1) is 0 Å². The molecule has 0 radical (unpaired) electrons. The molecule has 0 aliphatic carbocycles. The molecule has 1 aliphatic heterocycles. The summed E-state index contributed by atoms with van der Waals surface area (Å²) in [6.07, 6.45) is 2.30. The van der Waals surface area contributed by atoms with Crippen LogP contribution in [-0.4, -0.2) is 48.9 Å². The number of carbonyl (C=O) groups excluding carboxylic acids is 2. The maximum absolute atomic E-state index is 12.7. The lowest BCUT2D eigenvalue weighted by molar-refractivity contribution is -0.128. The molecule has 124 valence electrons. The van der Waals surface area contributed by atoms with Gasteiger partial charge < -0.3 is 10.2 Å². The van der Waals surface area contributed by atoms with Crippen molar-refractivity contribution in [1.82, 2.24) is 10.2 Å². The Morgan fingerprint density at radius 3 is 2.91 bits per heavy atom. The monoisotopic (exact) mass is 335 g/mol. The molecule has 0 aromatic heterocycles. The van der Waals surface area contributed by atoms with Crippen molar-refractivity contribution >= 4 is 29.1 Å². The Bertz CT molecular complexity index is 605. The predicted octanol–water partition coefficient (Wildman–Crippen LogP) is 2.07. The number of amides is 2. The Balaban J connectivity index is 2.08. The van der Waals surface area contributed by atoms with Crippen LogP contribution in [0.5, 0.6) is 0 Å². The first-order valence-electron chi connectivity index (χ1n) is 7.63. The van der Waals surface area contributed by atoms with E-state index in [4.69, 9.17) is 11.6 Å². The molecule has 1 fully saturated rings. The Kier molecular flexibility index (Phi) is 5.80. The second kappa shape index (κ2) is 7.62. The van der Waals surface area contributed by atoms with Crippen LogP contribution >= 0.6 is 11.6 Å². The van der Waals surface area contributed by atoms with E-state index in [1.807, 2.05) is 23.1 Å². The summed E-state index contributed by atoms with van der Waals surface area (Å²) in [5, 5.41) is 3.32. The first-order chi connectivity index (χ1) is 11.0. The number of nitrogens with zero attached hydrogens (tertiary/aromatic N) is 2. The van der Waals surface area contributed by atoms with E-state index < -0.39 is 6.04 Å². The average Bonchev–Trinajstić information content (AvgIpc) is 2.93. The average molecular weight is 336 g/mol. The summed E-state index contributed by atoms with van der Waals surface area (Å²) in [6, 6.07) is 6.58. The third-order valence-corrected chi connectivity index (χ3v) is 4.54. The van der Waals surface area contributed by atoms with E-state index in [9.17, 15) is 9.59 Å². The molecule has 1 N–H and O–H groups in total. The highest BCUT2D eigenvalue weighted by Gasteiger charge is 2.38. The lowest BCUT2D eigenvalue weighted by Crippen LogP contribution is -2.50. The van der Waals surface area contributed by atoms with Gasteiger partial charge in [-0.15, -0.1) is 6.58 Å². The van der Waals surface area contributed by atoms with E-state index in [0.717, 1.165) is 5.69 Å². The van der Waals surface area contributed by atoms with Gasteiger partial charge in [-0.3, -0.25) is 14.5 Å². The predicted molar refractivity (Wildman–Crippen MR) is 92.6 cm³/mol. The third-order valence-electron chi connectivity index (χ3n) is 4.22. The molecular weight excluding hydrogens is 314 g/mol. The maximum atomic E-state index is 12.7. The van der Waals surface area contributed by atoms with Gasteiger partial charge in [0.05, 0.1) is 22.8 Å². The largest absolute Gasteiger partial charge is 0.351 e. The summed E-state index contributed by atoms with van der Waals surface area (Å²) in [5.74, 6) is -0.139. The summed E-state index contributed by atoms with van der Waals surface area (Å²) >= 11 is 6.19. The number of nitrogens with one attached hydrogen (secondary N) is 1. The zero-order chi connectivity index (χ0) is 17.0. The molecular formula is C17H22ClN3O2. The van der Waals surface area contributed by atoms with Crippen LogP contribution in [0.25, 0.3) is 0 Å². The van der Waals surface area contributed by atoms with Crippen molar-refractivity contribution in [2.75, 3.05) is 25.0 Å². The van der Waals surface area contributed by atoms with Gasteiger partial charge in [0, 0.05) is 13.1 Å². The van der Waals surface area contributed by atoms with Gasteiger partial charge in [-0.25, -0.2) is 0 Å². The minimum atomic E-state index is -0.393. The summed E-state index contributed by atoms with van der Waals surface area (Å²) < 4.78 is 0. The number of anilines is 1. The number of hydrogen-bond donors (Lipinski definition) is 1. The number of likely N-dealkylation sites (N-methyl/N-ethyl adjacent to an activating group) is 1. The Morgan fingerprint density at radius 1 is 1.57 bits per heavy atom. The second-order valence-electron chi connectivity index (χ2n) is 5.62. The number of para-hydroxylation sites is 1. The van der Waals surface area contributed by atoms with Gasteiger partial charge in [0.1, 0.15) is 0 Å². The Labute approximate surface area is 141 Å². The molecule has 1 heterocycles. The van der Waals surface area contributed by atoms with Crippen LogP contribution in [0.2, 0.25) is 5.02 Å². The topological polar surface area (TPSA) is 52.7 Å². The van der Waals surface area contributed by atoms with Crippen molar-refractivity contribution in [3.63, 3.8) is 0 Å². The number of hydrogen-bond acceptors (Lipinski definition) is 3. The Morgan fingerprint density at radius 2 is 2.26 bits per heavy atom. The van der Waals surface area contributed by atoms with Crippen LogP contribution in [0.3, 0.4) is 0 Å². The zero-order valence-corrected chi connectivity index (χ0v) is 14.2. The molecule has 1 aromatic rings. The maximum Gasteiger partial charge on any atom is 0.244 e. The summed E-state index contributed by atoms with van der Waals surface area (Å²) in [4.78, 5) is 28.3. The Hall–Kier alpha value is -1.85. The molecule has 5 nitrogen and oxygen atoms in total. The van der Waals surface area contributed by atoms with Gasteiger partial charge in [0.25, 0.3) is 0 Å². The minimum absolute atomic E-state index is 0.0241. The van der Waals surface area contributed by atoms with Crippen molar-refractivity contribution in [3.05, 3.63) is 41.9 Å². The fourth-order valence-electron chi connectivity index (χ4n) is 2.73. The zero-order valence-electron chi connectivity index (χ0n) is 13.5. The normalized spacial score (nSPS) is 19.0. The molecule has 1 saturated heterocycles. The molecule has 0 unspecified atom stereocenters. The van der Waals surface area contributed by atoms with Crippen molar-refractivity contribution in [2.24, 2.45) is 0 Å². The van der Waals surface area contributed by atoms with Crippen molar-refractivity contribution in [3.8, 4) is 0 Å². The molecule has 6 heteroatoms. The van der Waals surface area contributed by atoms with Crippen LogP contribution in [0.4, 0.5) is 5.69 Å². The number of halogens is 1. The van der Waals surface area contributed by atoms with Crippen molar-refractivity contribution in [1.29, 1.82) is 0 Å². The summed E-state index contributed by atoms with van der Waals surface area (Å²) in [6.45, 7) is 6.39. The standard InChI is InChI=1S/C17H22ClN3O2/c1-4-10-19-16(22)12(2)20(3)15-9-11-21(17(15)23)14-8-6-5-7-13(14)18/h4-8,12,15H,1,9-11H2,2-3H3,(H,19,22)/t12-,15-/m0/s1. The second-order valence-corrected chi connectivity index (χ2v) is 6.03. The molecule has 0 saturated carbocycles. The number of benzene rings is 1. The highest BCUT2D eigenvalue weighted by molar-refractivity contribution is 6.33. The SMILES string of the molecule is C=CCNC(=O)[C@H](C)N(C)[C@H]1CCN(c2ccccc2Cl)C1=O. The molecule has 1 aliphatic rings. The smallest absolute Gasteiger partial charge is 0.244 e. The fourth-order valence-corrected chi connectivity index (χ4v) is 2.97. The van der Waals surface area contributed by atoms with Crippen LogP contribution in [-0.2, 0) is 9.59 Å². The summed E-state index contributed by atoms with van der Waals surface area (Å²) in [7, 11) is 1.80. The van der Waals surface area contributed by atoms with E-state index in [0.29, 0.717) is 24.5 Å². The van der Waals surface area contributed by atoms with E-state index in [2.05, 4.69) is 11.9 Å². The molecule has 0 bridgehead atoms. The molecule has 23 heavy (non-hydrogen) atoms. The van der Waals surface area contributed by atoms with Crippen molar-refractivity contribution in [2.45, 2.75) is 25.4 Å². The minimum Gasteiger partial charge on any atom is -0.351 e. The highest BCUT2D eigenvalue weighted by atomic mass is 35.5. The van der Waals surface area contributed by atoms with E-state index >= 15 is 0 Å². The quantitative estimate of drug-likeness (QED) is 0.810. The lowest BCUT2D eigenvalue weighted by atomic mass is 10.1. The molecule has 2 rings (SSSR count). The van der Waals surface area contributed by atoms with Crippen LogP contribution in [0.15, 0.2) is 36.9 Å². The molecule has 0 spiro atoms.